The zero-order valence-electron chi connectivity index (χ0n) is 17.2. The topological polar surface area (TPSA) is 66.9 Å². The van der Waals surface area contributed by atoms with Gasteiger partial charge in [-0.05, 0) is 48.5 Å². The molecule has 34 heavy (non-hydrogen) atoms. The van der Waals surface area contributed by atoms with Gasteiger partial charge in [-0.1, -0.05) is 53.5 Å². The predicted molar refractivity (Wildman–Crippen MR) is 127 cm³/mol. The van der Waals surface area contributed by atoms with E-state index in [1.807, 2.05) is 0 Å². The van der Waals surface area contributed by atoms with E-state index in [4.69, 9.17) is 23.2 Å². The molecule has 0 unspecified atom stereocenters. The normalized spacial score (nSPS) is 11.2. The van der Waals surface area contributed by atoms with Crippen LogP contribution < -0.4 is 10.6 Å². The Balaban J connectivity index is 1.48. The van der Waals surface area contributed by atoms with E-state index in [2.05, 4.69) is 20.6 Å². The van der Waals surface area contributed by atoms with Crippen LogP contribution in [-0.4, -0.2) is 16.0 Å². The number of nitrogens with zero attached hydrogens (tertiary/aromatic N) is 2. The van der Waals surface area contributed by atoms with Crippen LogP contribution in [0, 0.1) is 0 Å². The SMILES string of the molecule is O=C(Nc1ccc(-c2cccc(-c3cccc(C(F)(F)F)c3)n2)cc1)Nc1cc(Cl)nc(Cl)c1. The number of aromatic nitrogens is 2. The highest BCUT2D eigenvalue weighted by Gasteiger charge is 2.30. The fourth-order valence-corrected chi connectivity index (χ4v) is 3.63. The summed E-state index contributed by atoms with van der Waals surface area (Å²) in [4.78, 5) is 20.5. The second-order valence-electron chi connectivity index (χ2n) is 7.14. The summed E-state index contributed by atoms with van der Waals surface area (Å²) < 4.78 is 39.1. The zero-order valence-corrected chi connectivity index (χ0v) is 18.7. The van der Waals surface area contributed by atoms with E-state index >= 15 is 0 Å². The number of benzene rings is 2. The van der Waals surface area contributed by atoms with Crippen molar-refractivity contribution in [3.05, 3.63) is 94.7 Å². The van der Waals surface area contributed by atoms with Crippen LogP contribution >= 0.6 is 23.2 Å². The van der Waals surface area contributed by atoms with Crippen molar-refractivity contribution in [2.75, 3.05) is 10.6 Å². The van der Waals surface area contributed by atoms with E-state index in [1.165, 1.54) is 18.2 Å². The Bertz CT molecular complexity index is 1320. The van der Waals surface area contributed by atoms with Crippen LogP contribution in [0.5, 0.6) is 0 Å². The van der Waals surface area contributed by atoms with Gasteiger partial charge in [0.1, 0.15) is 10.3 Å². The van der Waals surface area contributed by atoms with Crippen LogP contribution in [-0.2, 0) is 6.18 Å². The average Bonchev–Trinajstić information content (AvgIpc) is 2.78. The number of hydrogen-bond donors (Lipinski definition) is 2. The second-order valence-corrected chi connectivity index (χ2v) is 7.92. The van der Waals surface area contributed by atoms with Gasteiger partial charge < -0.3 is 10.6 Å². The maximum absolute atomic E-state index is 13.0. The number of hydrogen-bond acceptors (Lipinski definition) is 3. The van der Waals surface area contributed by atoms with Crippen molar-refractivity contribution >= 4 is 40.6 Å². The largest absolute Gasteiger partial charge is 0.416 e. The molecule has 2 aromatic heterocycles. The minimum Gasteiger partial charge on any atom is -0.308 e. The van der Waals surface area contributed by atoms with Gasteiger partial charge in [-0.2, -0.15) is 13.2 Å². The summed E-state index contributed by atoms with van der Waals surface area (Å²) in [7, 11) is 0. The molecular weight excluding hydrogens is 488 g/mol. The minimum atomic E-state index is -4.43. The summed E-state index contributed by atoms with van der Waals surface area (Å²) in [5.74, 6) is 0. The molecule has 4 aromatic rings. The van der Waals surface area contributed by atoms with E-state index < -0.39 is 17.8 Å². The van der Waals surface area contributed by atoms with Crippen molar-refractivity contribution in [2.45, 2.75) is 6.18 Å². The summed E-state index contributed by atoms with van der Waals surface area (Å²) in [6, 6.07) is 19.4. The lowest BCUT2D eigenvalue weighted by Crippen LogP contribution is -2.19. The van der Waals surface area contributed by atoms with Crippen LogP contribution in [0.2, 0.25) is 10.3 Å². The number of anilines is 2. The molecule has 0 atom stereocenters. The lowest BCUT2D eigenvalue weighted by atomic mass is 10.1. The first-order valence-electron chi connectivity index (χ1n) is 9.83. The van der Waals surface area contributed by atoms with Gasteiger partial charge >= 0.3 is 12.2 Å². The Kier molecular flexibility index (Phi) is 6.72. The van der Waals surface area contributed by atoms with Crippen LogP contribution in [0.1, 0.15) is 5.56 Å². The number of halogens is 5. The first-order chi connectivity index (χ1) is 16.2. The zero-order chi connectivity index (χ0) is 24.3. The molecule has 0 spiro atoms. The number of amides is 2. The lowest BCUT2D eigenvalue weighted by Gasteiger charge is -2.10. The van der Waals surface area contributed by atoms with Crippen LogP contribution in [0.25, 0.3) is 22.5 Å². The molecule has 0 bridgehead atoms. The molecule has 0 radical (unpaired) electrons. The first kappa shape index (κ1) is 23.5. The molecule has 0 saturated heterocycles. The van der Waals surface area contributed by atoms with Gasteiger partial charge in [0.2, 0.25) is 0 Å². The highest BCUT2D eigenvalue weighted by molar-refractivity contribution is 6.33. The van der Waals surface area contributed by atoms with E-state index in [0.717, 1.165) is 17.7 Å². The van der Waals surface area contributed by atoms with Crippen LogP contribution in [0.3, 0.4) is 0 Å². The maximum atomic E-state index is 13.0. The molecule has 172 valence electrons. The van der Waals surface area contributed by atoms with Crippen LogP contribution in [0.4, 0.5) is 29.3 Å². The number of rotatable bonds is 4. The summed E-state index contributed by atoms with van der Waals surface area (Å²) in [6.07, 6.45) is -4.43. The standard InChI is InChI=1S/C24H15Cl2F3N4O/c25-21-12-18(13-22(26)33-21)31-23(34)30-17-9-7-14(8-10-17)19-5-2-6-20(32-19)15-3-1-4-16(11-15)24(27,28)29/h1-13H,(H2,30,31,33,34). The van der Waals surface area contributed by atoms with Crippen molar-refractivity contribution in [3.8, 4) is 22.5 Å². The number of carbonyl (C=O) groups is 1. The average molecular weight is 503 g/mol. The summed E-state index contributed by atoms with van der Waals surface area (Å²) in [5.41, 5.74) is 2.25. The third kappa shape index (κ3) is 5.84. The highest BCUT2D eigenvalue weighted by Crippen LogP contribution is 2.32. The molecule has 2 N–H and O–H groups in total. The Morgan fingerprint density at radius 3 is 1.94 bits per heavy atom. The van der Waals surface area contributed by atoms with Gasteiger partial charge in [-0.3, -0.25) is 0 Å². The van der Waals surface area contributed by atoms with Crippen LogP contribution in [0.15, 0.2) is 78.9 Å². The van der Waals surface area contributed by atoms with Crippen molar-refractivity contribution in [1.29, 1.82) is 0 Å². The molecule has 5 nitrogen and oxygen atoms in total. The monoisotopic (exact) mass is 502 g/mol. The number of pyridine rings is 2. The molecule has 0 saturated carbocycles. The Hall–Kier alpha value is -3.62. The van der Waals surface area contributed by atoms with Crippen molar-refractivity contribution in [1.82, 2.24) is 9.97 Å². The van der Waals surface area contributed by atoms with Gasteiger partial charge in [0, 0.05) is 22.5 Å². The minimum absolute atomic E-state index is 0.145. The second kappa shape index (κ2) is 9.70. The smallest absolute Gasteiger partial charge is 0.308 e. The fraction of sp³-hybridized carbons (Fsp3) is 0.0417. The third-order valence-corrected chi connectivity index (χ3v) is 5.08. The van der Waals surface area contributed by atoms with Gasteiger partial charge in [0.15, 0.2) is 0 Å². The number of carbonyl (C=O) groups excluding carboxylic acids is 1. The molecule has 10 heteroatoms. The van der Waals surface area contributed by atoms with Crippen molar-refractivity contribution < 1.29 is 18.0 Å². The fourth-order valence-electron chi connectivity index (χ4n) is 3.17. The molecule has 0 fully saturated rings. The lowest BCUT2D eigenvalue weighted by molar-refractivity contribution is -0.137. The van der Waals surface area contributed by atoms with E-state index in [1.54, 1.807) is 48.5 Å². The third-order valence-electron chi connectivity index (χ3n) is 4.69. The predicted octanol–water partition coefficient (Wildman–Crippen LogP) is 7.78. The van der Waals surface area contributed by atoms with E-state index in [9.17, 15) is 18.0 Å². The number of nitrogens with one attached hydrogen (secondary N) is 2. The first-order valence-corrected chi connectivity index (χ1v) is 10.6. The Morgan fingerprint density at radius 2 is 1.29 bits per heavy atom. The van der Waals surface area contributed by atoms with Gasteiger partial charge in [0.05, 0.1) is 17.0 Å². The molecule has 0 aliphatic rings. The van der Waals surface area contributed by atoms with E-state index in [0.29, 0.717) is 28.3 Å². The van der Waals surface area contributed by atoms with E-state index in [-0.39, 0.29) is 10.3 Å². The van der Waals surface area contributed by atoms with Gasteiger partial charge in [-0.15, -0.1) is 0 Å². The van der Waals surface area contributed by atoms with Crippen molar-refractivity contribution in [2.24, 2.45) is 0 Å². The molecular formula is C24H15Cl2F3N4O. The van der Waals surface area contributed by atoms with Gasteiger partial charge in [0.25, 0.3) is 0 Å². The molecule has 0 aliphatic heterocycles. The quantitative estimate of drug-likeness (QED) is 0.280. The molecule has 2 aromatic carbocycles. The number of alkyl halides is 3. The summed E-state index contributed by atoms with van der Waals surface area (Å²) in [5, 5.41) is 5.58. The van der Waals surface area contributed by atoms with Crippen molar-refractivity contribution in [3.63, 3.8) is 0 Å². The molecule has 4 rings (SSSR count). The number of urea groups is 1. The highest BCUT2D eigenvalue weighted by atomic mass is 35.5. The Morgan fingerprint density at radius 1 is 0.706 bits per heavy atom. The molecule has 2 amide bonds. The molecule has 2 heterocycles. The van der Waals surface area contributed by atoms with Gasteiger partial charge in [-0.25, -0.2) is 14.8 Å². The molecule has 0 aliphatic carbocycles. The Labute approximate surface area is 202 Å². The summed E-state index contributed by atoms with van der Waals surface area (Å²) in [6.45, 7) is 0. The maximum Gasteiger partial charge on any atom is 0.416 e. The summed E-state index contributed by atoms with van der Waals surface area (Å²) >= 11 is 11.6.